The smallest absolute Gasteiger partial charge is 0.339 e. The lowest BCUT2D eigenvalue weighted by atomic mass is 10.2. The molecule has 0 aliphatic heterocycles. The fourth-order valence-electron chi connectivity index (χ4n) is 2.19. The minimum Gasteiger partial charge on any atom is -0.339 e. The van der Waals surface area contributed by atoms with E-state index in [9.17, 15) is 13.2 Å². The van der Waals surface area contributed by atoms with E-state index in [2.05, 4.69) is 10.5 Å². The molecule has 0 amide bonds. The molecule has 3 nitrogen and oxygen atoms in total. The van der Waals surface area contributed by atoms with Crippen LogP contribution < -0.4 is 5.43 Å². The van der Waals surface area contributed by atoms with Crippen molar-refractivity contribution in [1.82, 2.24) is 4.57 Å². The van der Waals surface area contributed by atoms with Gasteiger partial charge in [-0.2, -0.15) is 18.3 Å². The molecule has 1 heterocycles. The quantitative estimate of drug-likeness (QED) is 0.623. The number of hydrogen-bond donors (Lipinski definition) is 1. The van der Waals surface area contributed by atoms with Gasteiger partial charge in [0.25, 0.3) is 0 Å². The van der Waals surface area contributed by atoms with Crippen molar-refractivity contribution in [2.24, 2.45) is 5.10 Å². The van der Waals surface area contributed by atoms with Crippen LogP contribution in [0.4, 0.5) is 18.9 Å². The Morgan fingerprint density at radius 3 is 2.30 bits per heavy atom. The predicted molar refractivity (Wildman–Crippen MR) is 89.6 cm³/mol. The molecule has 1 aromatic carbocycles. The van der Waals surface area contributed by atoms with Crippen molar-refractivity contribution in [2.45, 2.75) is 33.5 Å². The number of anilines is 1. The fraction of sp³-hybridized carbons (Fsp3) is 0.312. The molecule has 0 aliphatic carbocycles. The number of alkyl halides is 3. The maximum atomic E-state index is 12.5. The van der Waals surface area contributed by atoms with Crippen molar-refractivity contribution in [3.05, 3.63) is 52.8 Å². The summed E-state index contributed by atoms with van der Waals surface area (Å²) in [7, 11) is 0. The van der Waals surface area contributed by atoms with Gasteiger partial charge in [-0.3, -0.25) is 5.43 Å². The summed E-state index contributed by atoms with van der Waals surface area (Å²) >= 11 is 0. The van der Waals surface area contributed by atoms with Crippen LogP contribution in [-0.4, -0.2) is 17.0 Å². The van der Waals surface area contributed by atoms with E-state index >= 15 is 0 Å². The highest BCUT2D eigenvalue weighted by molar-refractivity contribution is 5.85. The topological polar surface area (TPSA) is 29.3 Å². The molecule has 0 fully saturated rings. The van der Waals surface area contributed by atoms with Crippen LogP contribution in [0.1, 0.15) is 22.5 Å². The van der Waals surface area contributed by atoms with Crippen LogP contribution in [-0.2, 0) is 6.54 Å². The second kappa shape index (κ2) is 7.55. The van der Waals surface area contributed by atoms with E-state index < -0.39 is 12.7 Å². The van der Waals surface area contributed by atoms with Crippen LogP contribution in [0, 0.1) is 20.8 Å². The number of nitrogens with one attached hydrogen (secondary N) is 1. The Hall–Kier alpha value is -1.95. The average molecular weight is 346 g/mol. The summed E-state index contributed by atoms with van der Waals surface area (Å²) in [4.78, 5) is 0. The first-order valence-corrected chi connectivity index (χ1v) is 6.85. The Morgan fingerprint density at radius 1 is 1.13 bits per heavy atom. The molecule has 0 aliphatic rings. The molecule has 126 valence electrons. The third kappa shape index (κ3) is 5.32. The normalized spacial score (nSPS) is 11.6. The van der Waals surface area contributed by atoms with Crippen molar-refractivity contribution in [2.75, 3.05) is 5.43 Å². The molecule has 0 saturated carbocycles. The third-order valence-electron chi connectivity index (χ3n) is 3.40. The van der Waals surface area contributed by atoms with E-state index in [-0.39, 0.29) is 12.4 Å². The van der Waals surface area contributed by atoms with Crippen LogP contribution in [0.5, 0.6) is 0 Å². The molecule has 0 unspecified atom stereocenters. The van der Waals surface area contributed by atoms with Gasteiger partial charge in [0.15, 0.2) is 0 Å². The van der Waals surface area contributed by atoms with Crippen molar-refractivity contribution in [1.29, 1.82) is 0 Å². The third-order valence-corrected chi connectivity index (χ3v) is 3.40. The molecule has 1 N–H and O–H groups in total. The Balaban J connectivity index is 0.00000264. The maximum Gasteiger partial charge on any atom is 0.406 e. The zero-order chi connectivity index (χ0) is 16.3. The SMILES string of the molecule is Cc1ccc(N/N=C/c2cc(C)n(CC(F)(F)F)c2C)cc1.Cl. The number of rotatable bonds is 4. The van der Waals surface area contributed by atoms with Gasteiger partial charge in [0, 0.05) is 17.0 Å². The van der Waals surface area contributed by atoms with Gasteiger partial charge < -0.3 is 4.57 Å². The highest BCUT2D eigenvalue weighted by Gasteiger charge is 2.29. The maximum absolute atomic E-state index is 12.5. The summed E-state index contributed by atoms with van der Waals surface area (Å²) in [6, 6.07) is 9.38. The number of hydrazone groups is 1. The first-order chi connectivity index (χ1) is 10.3. The largest absolute Gasteiger partial charge is 0.406 e. The number of benzene rings is 1. The monoisotopic (exact) mass is 345 g/mol. The molecule has 0 radical (unpaired) electrons. The summed E-state index contributed by atoms with van der Waals surface area (Å²) in [6.45, 7) is 4.32. The van der Waals surface area contributed by atoms with Crippen molar-refractivity contribution in [3.8, 4) is 0 Å². The van der Waals surface area contributed by atoms with Crippen LogP contribution >= 0.6 is 12.4 Å². The van der Waals surface area contributed by atoms with Crippen LogP contribution in [0.2, 0.25) is 0 Å². The Kier molecular flexibility index (Phi) is 6.27. The number of aryl methyl sites for hydroxylation is 2. The number of hydrogen-bond acceptors (Lipinski definition) is 2. The Bertz CT molecular complexity index is 673. The summed E-state index contributed by atoms with van der Waals surface area (Å²) in [5, 5.41) is 4.08. The van der Waals surface area contributed by atoms with E-state index in [1.807, 2.05) is 31.2 Å². The molecular weight excluding hydrogens is 327 g/mol. The zero-order valence-corrected chi connectivity index (χ0v) is 13.9. The molecular formula is C16H19ClF3N3. The lowest BCUT2D eigenvalue weighted by Gasteiger charge is -2.12. The van der Waals surface area contributed by atoms with Crippen molar-refractivity contribution < 1.29 is 13.2 Å². The van der Waals surface area contributed by atoms with E-state index in [1.54, 1.807) is 19.9 Å². The standard InChI is InChI=1S/C16H18F3N3.ClH/c1-11-4-6-15(7-5-11)21-20-9-14-8-12(2)22(13(14)3)10-16(17,18)19;/h4-9,21H,10H2,1-3H3;1H/b20-9+;. The fourth-order valence-corrected chi connectivity index (χ4v) is 2.19. The van der Waals surface area contributed by atoms with Crippen molar-refractivity contribution in [3.63, 3.8) is 0 Å². The molecule has 1 aromatic heterocycles. The Morgan fingerprint density at radius 2 is 1.74 bits per heavy atom. The van der Waals surface area contributed by atoms with Gasteiger partial charge in [-0.05, 0) is 39.0 Å². The summed E-state index contributed by atoms with van der Waals surface area (Å²) in [6.07, 6.45) is -2.70. The van der Waals surface area contributed by atoms with Gasteiger partial charge in [0.05, 0.1) is 11.9 Å². The van der Waals surface area contributed by atoms with Gasteiger partial charge in [-0.1, -0.05) is 17.7 Å². The lowest BCUT2D eigenvalue weighted by molar-refractivity contribution is -0.141. The van der Waals surface area contributed by atoms with Crippen LogP contribution in [0.15, 0.2) is 35.4 Å². The summed E-state index contributed by atoms with van der Waals surface area (Å²) < 4.78 is 38.9. The van der Waals surface area contributed by atoms with Gasteiger partial charge in [-0.25, -0.2) is 0 Å². The molecule has 2 aromatic rings. The number of nitrogens with zero attached hydrogens (tertiary/aromatic N) is 2. The summed E-state index contributed by atoms with van der Waals surface area (Å²) in [5.41, 5.74) is 6.61. The van der Waals surface area contributed by atoms with Gasteiger partial charge >= 0.3 is 6.18 Å². The minimum absolute atomic E-state index is 0. The molecule has 0 spiro atoms. The Labute approximate surface area is 139 Å². The summed E-state index contributed by atoms with van der Waals surface area (Å²) in [5.74, 6) is 0. The van der Waals surface area contributed by atoms with E-state index in [1.165, 1.54) is 10.8 Å². The van der Waals surface area contributed by atoms with Gasteiger partial charge in [0.2, 0.25) is 0 Å². The first kappa shape index (κ1) is 19.1. The lowest BCUT2D eigenvalue weighted by Crippen LogP contribution is -2.19. The number of halogens is 4. The first-order valence-electron chi connectivity index (χ1n) is 6.85. The van der Waals surface area contributed by atoms with E-state index in [0.29, 0.717) is 17.0 Å². The number of aromatic nitrogens is 1. The molecule has 23 heavy (non-hydrogen) atoms. The molecule has 0 saturated heterocycles. The van der Waals surface area contributed by atoms with E-state index in [0.717, 1.165) is 11.3 Å². The highest BCUT2D eigenvalue weighted by atomic mass is 35.5. The van der Waals surface area contributed by atoms with Gasteiger partial charge in [-0.15, -0.1) is 12.4 Å². The van der Waals surface area contributed by atoms with Gasteiger partial charge in [0.1, 0.15) is 6.54 Å². The zero-order valence-electron chi connectivity index (χ0n) is 13.1. The molecule has 0 atom stereocenters. The van der Waals surface area contributed by atoms with Crippen LogP contribution in [0.25, 0.3) is 0 Å². The van der Waals surface area contributed by atoms with Crippen LogP contribution in [0.3, 0.4) is 0 Å². The van der Waals surface area contributed by atoms with Crippen molar-refractivity contribution >= 4 is 24.3 Å². The second-order valence-electron chi connectivity index (χ2n) is 5.26. The second-order valence-corrected chi connectivity index (χ2v) is 5.26. The molecule has 0 bridgehead atoms. The average Bonchev–Trinajstić information content (AvgIpc) is 2.67. The highest BCUT2D eigenvalue weighted by Crippen LogP contribution is 2.22. The van der Waals surface area contributed by atoms with E-state index in [4.69, 9.17) is 0 Å². The predicted octanol–water partition coefficient (Wildman–Crippen LogP) is 4.84. The molecule has 2 rings (SSSR count). The minimum atomic E-state index is -4.23. The molecule has 7 heteroatoms.